The molecule has 0 heterocycles. The lowest BCUT2D eigenvalue weighted by Crippen LogP contribution is -2.00. The van der Waals surface area contributed by atoms with Gasteiger partial charge in [-0.2, -0.15) is 39.5 Å². The second-order valence-electron chi connectivity index (χ2n) is 3.47. The van der Waals surface area contributed by atoms with Gasteiger partial charge in [-0.1, -0.05) is 0 Å². The molecule has 0 aliphatic carbocycles. The number of rotatable bonds is 2. The van der Waals surface area contributed by atoms with Crippen LogP contribution in [0, 0.1) is 0 Å². The predicted octanol–water partition coefficient (Wildman–Crippen LogP) is 6.57. The van der Waals surface area contributed by atoms with Crippen molar-refractivity contribution in [2.24, 2.45) is 0 Å². The second kappa shape index (κ2) is 12.8. The second-order valence-corrected chi connectivity index (χ2v) is 3.47. The van der Waals surface area contributed by atoms with E-state index >= 15 is 0 Å². The minimum absolute atomic E-state index is 0.132. The van der Waals surface area contributed by atoms with Crippen LogP contribution in [0.1, 0.15) is 6.92 Å². The van der Waals surface area contributed by atoms with E-state index < -0.39 is 43.8 Å². The van der Waals surface area contributed by atoms with Gasteiger partial charge in [0.2, 0.25) is 0 Å². The zero-order valence-electron chi connectivity index (χ0n) is 11.8. The molecular weight excluding hydrogens is 372 g/mol. The summed E-state index contributed by atoms with van der Waals surface area (Å²) in [5.41, 5.74) is 0. The summed E-state index contributed by atoms with van der Waals surface area (Å²) in [5, 5.41) is 0. The van der Waals surface area contributed by atoms with Crippen LogP contribution in [0.3, 0.4) is 0 Å². The Morgan fingerprint density at radius 1 is 0.667 bits per heavy atom. The molecule has 0 radical (unpaired) electrons. The molecule has 0 amide bonds. The van der Waals surface area contributed by atoms with Crippen molar-refractivity contribution < 1.29 is 52.7 Å². The highest BCUT2D eigenvalue weighted by Gasteiger charge is 2.23. The molecule has 0 rings (SSSR count). The molecule has 0 aliphatic rings. The third-order valence-electron chi connectivity index (χ3n) is 1.15. The standard InChI is InChI=1S/3C4H4F4/c1-3(5)2-4(6,7)8;2*5-3-1-2-4(6,7)8/h2H,1H3;2*1-2H,3H2. The summed E-state index contributed by atoms with van der Waals surface area (Å²) in [6.07, 6.45) is -13.1. The molecule has 0 saturated carbocycles. The van der Waals surface area contributed by atoms with E-state index in [2.05, 4.69) is 0 Å². The third kappa shape index (κ3) is 42.8. The Hall–Kier alpha value is -1.62. The van der Waals surface area contributed by atoms with Crippen molar-refractivity contribution in [3.63, 3.8) is 0 Å². The van der Waals surface area contributed by atoms with Crippen LogP contribution in [-0.4, -0.2) is 31.9 Å². The number of hydrogen-bond acceptors (Lipinski definition) is 0. The normalized spacial score (nSPS) is 13.5. The molecule has 0 atom stereocenters. The molecule has 0 nitrogen and oxygen atoms in total. The van der Waals surface area contributed by atoms with Gasteiger partial charge in [0.25, 0.3) is 0 Å². The van der Waals surface area contributed by atoms with E-state index in [0.717, 1.165) is 6.92 Å². The summed E-state index contributed by atoms with van der Waals surface area (Å²) >= 11 is 0. The van der Waals surface area contributed by atoms with Gasteiger partial charge in [-0.15, -0.1) is 0 Å². The van der Waals surface area contributed by atoms with Crippen LogP contribution in [-0.2, 0) is 0 Å². The van der Waals surface area contributed by atoms with E-state index in [0.29, 0.717) is 12.2 Å². The van der Waals surface area contributed by atoms with Crippen LogP contribution in [0.2, 0.25) is 0 Å². The Balaban J connectivity index is -0.000000276. The van der Waals surface area contributed by atoms with Crippen LogP contribution in [0.4, 0.5) is 52.7 Å². The van der Waals surface area contributed by atoms with Gasteiger partial charge in [0.05, 0.1) is 6.08 Å². The molecule has 0 spiro atoms. The lowest BCUT2D eigenvalue weighted by molar-refractivity contribution is -0.0820. The highest BCUT2D eigenvalue weighted by atomic mass is 19.4. The Bertz CT molecular complexity index is 352. The number of hydrogen-bond donors (Lipinski definition) is 0. The summed E-state index contributed by atoms with van der Waals surface area (Å²) < 4.78 is 132. The third-order valence-corrected chi connectivity index (χ3v) is 1.15. The molecule has 0 fully saturated rings. The van der Waals surface area contributed by atoms with E-state index in [-0.39, 0.29) is 12.2 Å². The highest BCUT2D eigenvalue weighted by molar-refractivity contribution is 4.92. The first-order valence-corrected chi connectivity index (χ1v) is 5.56. The number of halogens is 12. The molecule has 12 heteroatoms. The molecule has 0 saturated heterocycles. The van der Waals surface area contributed by atoms with Gasteiger partial charge in [0, 0.05) is 12.2 Å². The maximum atomic E-state index is 11.3. The summed E-state index contributed by atoms with van der Waals surface area (Å²) in [6.45, 7) is -1.40. The SMILES string of the molecule is CC(F)=CC(F)(F)F.FCC=CC(F)(F)F.FCC=CC(F)(F)F. The van der Waals surface area contributed by atoms with Crippen LogP contribution in [0.25, 0.3) is 0 Å². The molecule has 0 aromatic rings. The van der Waals surface area contributed by atoms with E-state index in [1.165, 1.54) is 0 Å². The molecule has 0 unspecified atom stereocenters. The average molecular weight is 384 g/mol. The monoisotopic (exact) mass is 384 g/mol. The van der Waals surface area contributed by atoms with Gasteiger partial charge in [-0.3, -0.25) is 0 Å². The maximum Gasteiger partial charge on any atom is 0.412 e. The first-order valence-electron chi connectivity index (χ1n) is 5.56. The van der Waals surface area contributed by atoms with Gasteiger partial charge in [-0.25, -0.2) is 13.2 Å². The lowest BCUT2D eigenvalue weighted by atomic mass is 10.5. The van der Waals surface area contributed by atoms with E-state index in [1.807, 2.05) is 0 Å². The van der Waals surface area contributed by atoms with Crippen molar-refractivity contribution in [1.29, 1.82) is 0 Å². The van der Waals surface area contributed by atoms with Gasteiger partial charge < -0.3 is 0 Å². The predicted molar refractivity (Wildman–Crippen MR) is 63.3 cm³/mol. The average Bonchev–Trinajstić information content (AvgIpc) is 2.30. The molecule has 0 aromatic carbocycles. The topological polar surface area (TPSA) is 0 Å². The van der Waals surface area contributed by atoms with Crippen molar-refractivity contribution in [3.05, 3.63) is 36.2 Å². The van der Waals surface area contributed by atoms with E-state index in [9.17, 15) is 52.7 Å². The molecule has 0 bridgehead atoms. The van der Waals surface area contributed by atoms with Crippen molar-refractivity contribution >= 4 is 0 Å². The Kier molecular flexibility index (Phi) is 14.5. The molecule has 0 aromatic heterocycles. The minimum atomic E-state index is -4.52. The first-order chi connectivity index (χ1) is 10.5. The fraction of sp³-hybridized carbons (Fsp3) is 0.500. The van der Waals surface area contributed by atoms with Gasteiger partial charge in [0.15, 0.2) is 0 Å². The van der Waals surface area contributed by atoms with Gasteiger partial charge in [-0.05, 0) is 19.1 Å². The molecule has 24 heavy (non-hydrogen) atoms. The maximum absolute atomic E-state index is 11.3. The quantitative estimate of drug-likeness (QED) is 0.373. The van der Waals surface area contributed by atoms with Gasteiger partial charge in [0.1, 0.15) is 19.2 Å². The summed E-state index contributed by atoms with van der Waals surface area (Å²) in [7, 11) is 0. The van der Waals surface area contributed by atoms with Crippen LogP contribution in [0.15, 0.2) is 36.2 Å². The van der Waals surface area contributed by atoms with Crippen molar-refractivity contribution in [2.75, 3.05) is 13.3 Å². The summed E-state index contributed by atoms with van der Waals surface area (Å²) in [4.78, 5) is 0. The zero-order chi connectivity index (χ0) is 20.0. The Morgan fingerprint density at radius 3 is 1.00 bits per heavy atom. The van der Waals surface area contributed by atoms with E-state index in [1.54, 1.807) is 0 Å². The van der Waals surface area contributed by atoms with Crippen molar-refractivity contribution in [1.82, 2.24) is 0 Å². The lowest BCUT2D eigenvalue weighted by Gasteiger charge is -1.95. The Morgan fingerprint density at radius 2 is 0.958 bits per heavy atom. The van der Waals surface area contributed by atoms with Crippen molar-refractivity contribution in [3.8, 4) is 0 Å². The van der Waals surface area contributed by atoms with Gasteiger partial charge >= 0.3 is 18.5 Å². The number of alkyl halides is 11. The molecule has 144 valence electrons. The fourth-order valence-electron chi connectivity index (χ4n) is 0.582. The largest absolute Gasteiger partial charge is 0.412 e. The summed E-state index contributed by atoms with van der Waals surface area (Å²) in [5.74, 6) is -1.22. The smallest absolute Gasteiger partial charge is 0.247 e. The van der Waals surface area contributed by atoms with Crippen LogP contribution in [0.5, 0.6) is 0 Å². The van der Waals surface area contributed by atoms with E-state index in [4.69, 9.17) is 0 Å². The van der Waals surface area contributed by atoms with Crippen molar-refractivity contribution in [2.45, 2.75) is 25.5 Å². The Labute approximate surface area is 129 Å². The first kappa shape index (κ1) is 27.2. The van der Waals surface area contributed by atoms with Crippen LogP contribution < -0.4 is 0 Å². The molecular formula is C12H12F12. The zero-order valence-corrected chi connectivity index (χ0v) is 11.8. The van der Waals surface area contributed by atoms with Crippen LogP contribution >= 0.6 is 0 Å². The summed E-state index contributed by atoms with van der Waals surface area (Å²) in [6, 6.07) is 0. The highest BCUT2D eigenvalue weighted by Crippen LogP contribution is 2.18. The molecule has 0 N–H and O–H groups in total. The fourth-order valence-corrected chi connectivity index (χ4v) is 0.582. The minimum Gasteiger partial charge on any atom is -0.247 e. The number of allylic oxidation sites excluding steroid dienone is 6. The molecule has 0 aliphatic heterocycles.